The van der Waals surface area contributed by atoms with Gasteiger partial charge in [-0.3, -0.25) is 0 Å². The second-order valence-corrected chi connectivity index (χ2v) is 4.85. The van der Waals surface area contributed by atoms with Crippen LogP contribution in [0.25, 0.3) is 0 Å². The van der Waals surface area contributed by atoms with E-state index in [9.17, 15) is 0 Å². The van der Waals surface area contributed by atoms with Crippen molar-refractivity contribution in [1.29, 1.82) is 0 Å². The van der Waals surface area contributed by atoms with Gasteiger partial charge in [-0.1, -0.05) is 24.3 Å². The van der Waals surface area contributed by atoms with Gasteiger partial charge < -0.3 is 10.1 Å². The van der Waals surface area contributed by atoms with E-state index in [1.807, 2.05) is 0 Å². The third kappa shape index (κ3) is 3.76. The predicted molar refractivity (Wildman–Crippen MR) is 67.4 cm³/mol. The summed E-state index contributed by atoms with van der Waals surface area (Å²) >= 11 is 0. The van der Waals surface area contributed by atoms with Gasteiger partial charge in [0.25, 0.3) is 0 Å². The van der Waals surface area contributed by atoms with Crippen LogP contribution in [0.2, 0.25) is 0 Å². The quantitative estimate of drug-likeness (QED) is 0.721. The molecule has 0 radical (unpaired) electrons. The molecular formula is C14H23NO. The van der Waals surface area contributed by atoms with Crippen LogP contribution in [-0.4, -0.2) is 25.3 Å². The van der Waals surface area contributed by atoms with E-state index in [2.05, 4.69) is 36.5 Å². The van der Waals surface area contributed by atoms with Gasteiger partial charge in [0.1, 0.15) is 0 Å². The summed E-state index contributed by atoms with van der Waals surface area (Å²) in [6, 6.07) is 1.49. The molecule has 0 amide bonds. The van der Waals surface area contributed by atoms with Crippen LogP contribution in [0.5, 0.6) is 0 Å². The van der Waals surface area contributed by atoms with Gasteiger partial charge >= 0.3 is 0 Å². The average Bonchev–Trinajstić information content (AvgIpc) is 3.04. The van der Waals surface area contributed by atoms with Gasteiger partial charge in [0.15, 0.2) is 0 Å². The van der Waals surface area contributed by atoms with E-state index in [0.717, 1.165) is 25.2 Å². The van der Waals surface area contributed by atoms with Crippen molar-refractivity contribution in [1.82, 2.24) is 5.32 Å². The summed E-state index contributed by atoms with van der Waals surface area (Å²) in [6.07, 6.45) is 13.6. The van der Waals surface area contributed by atoms with Gasteiger partial charge in [-0.2, -0.15) is 0 Å². The summed E-state index contributed by atoms with van der Waals surface area (Å²) in [6.45, 7) is 3.93. The van der Waals surface area contributed by atoms with Crippen molar-refractivity contribution in [2.75, 3.05) is 13.2 Å². The maximum absolute atomic E-state index is 5.36. The topological polar surface area (TPSA) is 21.3 Å². The summed E-state index contributed by atoms with van der Waals surface area (Å²) in [4.78, 5) is 0. The normalized spacial score (nSPS) is 31.6. The Hall–Kier alpha value is -0.600. The number of hydrogen-bond acceptors (Lipinski definition) is 2. The molecule has 2 rings (SSSR count). The summed E-state index contributed by atoms with van der Waals surface area (Å²) in [5, 5.41) is 3.75. The fraction of sp³-hybridized carbons (Fsp3) is 0.714. The largest absolute Gasteiger partial charge is 0.381 e. The summed E-state index contributed by atoms with van der Waals surface area (Å²) < 4.78 is 5.36. The molecule has 2 unspecified atom stereocenters. The van der Waals surface area contributed by atoms with Crippen molar-refractivity contribution in [2.24, 2.45) is 5.92 Å². The minimum atomic E-state index is 0.711. The van der Waals surface area contributed by atoms with Crippen molar-refractivity contribution >= 4 is 0 Å². The molecule has 1 saturated carbocycles. The maximum Gasteiger partial charge on any atom is 0.0480 e. The predicted octanol–water partition coefficient (Wildman–Crippen LogP) is 2.67. The van der Waals surface area contributed by atoms with Crippen LogP contribution in [0.15, 0.2) is 24.3 Å². The van der Waals surface area contributed by atoms with Crippen LogP contribution in [0.1, 0.15) is 32.6 Å². The molecule has 0 aromatic heterocycles. The Bertz CT molecular complexity index is 253. The van der Waals surface area contributed by atoms with Gasteiger partial charge in [-0.25, -0.2) is 0 Å². The monoisotopic (exact) mass is 221 g/mol. The summed E-state index contributed by atoms with van der Waals surface area (Å²) in [5.41, 5.74) is 0. The number of rotatable bonds is 5. The van der Waals surface area contributed by atoms with Crippen molar-refractivity contribution in [3.63, 3.8) is 0 Å². The minimum absolute atomic E-state index is 0.711. The highest BCUT2D eigenvalue weighted by Crippen LogP contribution is 2.34. The highest BCUT2D eigenvalue weighted by Gasteiger charge is 2.37. The van der Waals surface area contributed by atoms with Gasteiger partial charge in [0, 0.05) is 25.3 Å². The highest BCUT2D eigenvalue weighted by atomic mass is 16.5. The standard InChI is InChI=1S/C14H23NO/c1-2-3-4-5-6-12-11-14(12)15-13-7-9-16-10-8-13/h2-5,12-15H,6-11H2,1H3/b3-2-,5-4-. The second-order valence-electron chi connectivity index (χ2n) is 4.85. The molecule has 2 fully saturated rings. The van der Waals surface area contributed by atoms with Crippen LogP contribution in [0.3, 0.4) is 0 Å². The van der Waals surface area contributed by atoms with E-state index in [-0.39, 0.29) is 0 Å². The Kier molecular flexibility index (Phi) is 4.61. The first-order valence-corrected chi connectivity index (χ1v) is 6.51. The van der Waals surface area contributed by atoms with E-state index in [0.29, 0.717) is 6.04 Å². The molecule has 0 aromatic rings. The Morgan fingerprint density at radius 1 is 1.25 bits per heavy atom. The zero-order valence-electron chi connectivity index (χ0n) is 10.2. The number of ether oxygens (including phenoxy) is 1. The van der Waals surface area contributed by atoms with Gasteiger partial charge in [0.2, 0.25) is 0 Å². The molecule has 2 atom stereocenters. The Morgan fingerprint density at radius 3 is 2.81 bits per heavy atom. The molecule has 0 bridgehead atoms. The summed E-state index contributed by atoms with van der Waals surface area (Å²) in [5.74, 6) is 0.879. The summed E-state index contributed by atoms with van der Waals surface area (Å²) in [7, 11) is 0. The van der Waals surface area contributed by atoms with E-state index in [1.54, 1.807) is 0 Å². The first-order chi connectivity index (χ1) is 7.90. The Balaban J connectivity index is 1.59. The molecule has 0 aromatic carbocycles. The van der Waals surface area contributed by atoms with Crippen molar-refractivity contribution in [2.45, 2.75) is 44.7 Å². The first kappa shape index (κ1) is 11.9. The molecule has 1 aliphatic carbocycles. The molecule has 2 aliphatic rings. The minimum Gasteiger partial charge on any atom is -0.381 e. The fourth-order valence-corrected chi connectivity index (χ4v) is 2.32. The Morgan fingerprint density at radius 2 is 2.06 bits per heavy atom. The second kappa shape index (κ2) is 6.21. The third-order valence-corrected chi connectivity index (χ3v) is 3.47. The lowest BCUT2D eigenvalue weighted by Gasteiger charge is -2.23. The number of allylic oxidation sites excluding steroid dienone is 4. The van der Waals surface area contributed by atoms with E-state index in [4.69, 9.17) is 4.74 Å². The molecule has 1 N–H and O–H groups in total. The van der Waals surface area contributed by atoms with Crippen molar-refractivity contribution < 1.29 is 4.74 Å². The molecular weight excluding hydrogens is 198 g/mol. The molecule has 1 aliphatic heterocycles. The van der Waals surface area contributed by atoms with Crippen molar-refractivity contribution in [3.05, 3.63) is 24.3 Å². The smallest absolute Gasteiger partial charge is 0.0480 e. The lowest BCUT2D eigenvalue weighted by Crippen LogP contribution is -2.36. The SMILES string of the molecule is C/C=C\C=C/CC1CC1NC1CCOCC1. The van der Waals surface area contributed by atoms with Crippen LogP contribution >= 0.6 is 0 Å². The molecule has 16 heavy (non-hydrogen) atoms. The van der Waals surface area contributed by atoms with Crippen LogP contribution in [0, 0.1) is 5.92 Å². The Labute approximate surface area is 98.8 Å². The molecule has 90 valence electrons. The maximum atomic E-state index is 5.36. The number of hydrogen-bond donors (Lipinski definition) is 1. The van der Waals surface area contributed by atoms with Gasteiger partial charge in [-0.05, 0) is 38.5 Å². The first-order valence-electron chi connectivity index (χ1n) is 6.51. The molecule has 2 heteroatoms. The van der Waals surface area contributed by atoms with Gasteiger partial charge in [-0.15, -0.1) is 0 Å². The average molecular weight is 221 g/mol. The van der Waals surface area contributed by atoms with Crippen LogP contribution in [0.4, 0.5) is 0 Å². The lowest BCUT2D eigenvalue weighted by atomic mass is 10.1. The zero-order chi connectivity index (χ0) is 11.2. The van der Waals surface area contributed by atoms with Crippen molar-refractivity contribution in [3.8, 4) is 0 Å². The lowest BCUT2D eigenvalue weighted by molar-refractivity contribution is 0.0772. The van der Waals surface area contributed by atoms with Crippen LogP contribution in [-0.2, 0) is 4.74 Å². The van der Waals surface area contributed by atoms with E-state index < -0.39 is 0 Å². The third-order valence-electron chi connectivity index (χ3n) is 3.47. The zero-order valence-corrected chi connectivity index (χ0v) is 10.2. The highest BCUT2D eigenvalue weighted by molar-refractivity contribution is 5.05. The van der Waals surface area contributed by atoms with Crippen LogP contribution < -0.4 is 5.32 Å². The van der Waals surface area contributed by atoms with E-state index in [1.165, 1.54) is 25.7 Å². The number of nitrogens with one attached hydrogen (secondary N) is 1. The molecule has 2 nitrogen and oxygen atoms in total. The fourth-order valence-electron chi connectivity index (χ4n) is 2.32. The van der Waals surface area contributed by atoms with E-state index >= 15 is 0 Å². The van der Waals surface area contributed by atoms with Gasteiger partial charge in [0.05, 0.1) is 0 Å². The molecule has 1 heterocycles. The molecule has 1 saturated heterocycles. The molecule has 0 spiro atoms.